The van der Waals surface area contributed by atoms with Crippen LogP contribution in [0.1, 0.15) is 12.5 Å². The van der Waals surface area contributed by atoms with Crippen LogP contribution in [0.25, 0.3) is 11.0 Å². The van der Waals surface area contributed by atoms with Crippen LogP contribution in [0.4, 0.5) is 5.69 Å². The van der Waals surface area contributed by atoms with Crippen molar-refractivity contribution in [1.29, 1.82) is 0 Å². The molecule has 0 saturated carbocycles. The summed E-state index contributed by atoms with van der Waals surface area (Å²) >= 11 is 5.88. The van der Waals surface area contributed by atoms with E-state index in [0.717, 1.165) is 48.6 Å². The zero-order valence-electron chi connectivity index (χ0n) is 18.0. The van der Waals surface area contributed by atoms with Crippen molar-refractivity contribution in [3.63, 3.8) is 0 Å². The summed E-state index contributed by atoms with van der Waals surface area (Å²) in [6, 6.07) is 14.2. The molecule has 0 bridgehead atoms. The molecule has 1 aliphatic rings. The topological polar surface area (TPSA) is 75.0 Å². The minimum Gasteiger partial charge on any atom is -0.494 e. The molecule has 8 heteroatoms. The smallest absolute Gasteiger partial charge is 0.336 e. The lowest BCUT2D eigenvalue weighted by molar-refractivity contribution is -0.117. The van der Waals surface area contributed by atoms with Gasteiger partial charge in [0.05, 0.1) is 13.2 Å². The van der Waals surface area contributed by atoms with Gasteiger partial charge in [0, 0.05) is 54.9 Å². The molecule has 7 nitrogen and oxygen atoms in total. The van der Waals surface area contributed by atoms with Crippen LogP contribution in [0.15, 0.2) is 57.7 Å². The zero-order valence-corrected chi connectivity index (χ0v) is 18.7. The fraction of sp³-hybridized carbons (Fsp3) is 0.333. The molecule has 1 amide bonds. The summed E-state index contributed by atoms with van der Waals surface area (Å²) in [5.74, 6) is 0.711. The van der Waals surface area contributed by atoms with E-state index in [9.17, 15) is 9.59 Å². The number of nitrogens with zero attached hydrogens (tertiary/aromatic N) is 2. The molecule has 32 heavy (non-hydrogen) atoms. The first-order valence-corrected chi connectivity index (χ1v) is 11.1. The third-order valence-electron chi connectivity index (χ3n) is 5.46. The van der Waals surface area contributed by atoms with Gasteiger partial charge in [0.1, 0.15) is 11.3 Å². The van der Waals surface area contributed by atoms with Gasteiger partial charge in [0.15, 0.2) is 0 Å². The van der Waals surface area contributed by atoms with E-state index in [1.807, 2.05) is 19.1 Å². The number of carbonyl (C=O) groups is 1. The van der Waals surface area contributed by atoms with Gasteiger partial charge in [-0.15, -0.1) is 0 Å². The first-order valence-electron chi connectivity index (χ1n) is 10.7. The Labute approximate surface area is 191 Å². The third-order valence-corrected chi connectivity index (χ3v) is 5.72. The SMILES string of the molecule is CCOc1ccc2oc(=O)cc(CN3CCN(CC(=O)Nc4ccc(Cl)cc4)CC3)c2c1. The van der Waals surface area contributed by atoms with Crippen molar-refractivity contribution in [3.05, 3.63) is 69.5 Å². The van der Waals surface area contributed by atoms with Crippen LogP contribution in [0.5, 0.6) is 5.75 Å². The molecule has 2 heterocycles. The van der Waals surface area contributed by atoms with E-state index in [0.29, 0.717) is 30.3 Å². The molecular formula is C24H26ClN3O4. The summed E-state index contributed by atoms with van der Waals surface area (Å²) in [5.41, 5.74) is 1.87. The monoisotopic (exact) mass is 455 g/mol. The van der Waals surface area contributed by atoms with E-state index < -0.39 is 0 Å². The summed E-state index contributed by atoms with van der Waals surface area (Å²) in [6.45, 7) is 6.66. The van der Waals surface area contributed by atoms with Crippen molar-refractivity contribution in [2.75, 3.05) is 44.6 Å². The Bertz CT molecular complexity index is 1140. The van der Waals surface area contributed by atoms with E-state index >= 15 is 0 Å². The number of halogens is 1. The highest BCUT2D eigenvalue weighted by Gasteiger charge is 2.20. The Hall–Kier alpha value is -2.87. The van der Waals surface area contributed by atoms with Gasteiger partial charge >= 0.3 is 5.63 Å². The largest absolute Gasteiger partial charge is 0.494 e. The van der Waals surface area contributed by atoms with E-state index in [-0.39, 0.29) is 11.5 Å². The average molecular weight is 456 g/mol. The van der Waals surface area contributed by atoms with Crippen LogP contribution < -0.4 is 15.7 Å². The number of amides is 1. The van der Waals surface area contributed by atoms with Crippen LogP contribution in [0.3, 0.4) is 0 Å². The van der Waals surface area contributed by atoms with Crippen LogP contribution in [0, 0.1) is 0 Å². The second-order valence-corrected chi connectivity index (χ2v) is 8.23. The van der Waals surface area contributed by atoms with Crippen molar-refractivity contribution in [1.82, 2.24) is 9.80 Å². The summed E-state index contributed by atoms with van der Waals surface area (Å²) in [6.07, 6.45) is 0. The molecule has 1 aliphatic heterocycles. The summed E-state index contributed by atoms with van der Waals surface area (Å²) < 4.78 is 11.0. The predicted molar refractivity (Wildman–Crippen MR) is 125 cm³/mol. The molecule has 1 aromatic heterocycles. The molecule has 168 valence electrons. The highest BCUT2D eigenvalue weighted by atomic mass is 35.5. The molecular weight excluding hydrogens is 430 g/mol. The summed E-state index contributed by atoms with van der Waals surface area (Å²) in [5, 5.41) is 4.43. The summed E-state index contributed by atoms with van der Waals surface area (Å²) in [4.78, 5) is 28.8. The van der Waals surface area contributed by atoms with Gasteiger partial charge in [0.25, 0.3) is 0 Å². The van der Waals surface area contributed by atoms with Gasteiger partial charge in [-0.1, -0.05) is 11.6 Å². The first kappa shape index (κ1) is 22.3. The Morgan fingerprint density at radius 3 is 2.50 bits per heavy atom. The number of anilines is 1. The van der Waals surface area contributed by atoms with Gasteiger partial charge in [-0.25, -0.2) is 4.79 Å². The second kappa shape index (κ2) is 10.2. The normalized spacial score (nSPS) is 15.1. The highest BCUT2D eigenvalue weighted by molar-refractivity contribution is 6.30. The Morgan fingerprint density at radius 2 is 1.78 bits per heavy atom. The maximum absolute atomic E-state index is 12.4. The zero-order chi connectivity index (χ0) is 22.5. The fourth-order valence-electron chi connectivity index (χ4n) is 3.88. The van der Waals surface area contributed by atoms with Gasteiger partial charge in [-0.2, -0.15) is 0 Å². The van der Waals surface area contributed by atoms with Gasteiger partial charge in [0.2, 0.25) is 5.91 Å². The lowest BCUT2D eigenvalue weighted by Crippen LogP contribution is -2.48. The van der Waals surface area contributed by atoms with Crippen LogP contribution in [-0.4, -0.2) is 55.0 Å². The molecule has 0 spiro atoms. The summed E-state index contributed by atoms with van der Waals surface area (Å²) in [7, 11) is 0. The van der Waals surface area contributed by atoms with Gasteiger partial charge in [-0.3, -0.25) is 14.6 Å². The van der Waals surface area contributed by atoms with Gasteiger partial charge in [-0.05, 0) is 55.0 Å². The molecule has 1 N–H and O–H groups in total. The van der Waals surface area contributed by atoms with Crippen molar-refractivity contribution in [2.24, 2.45) is 0 Å². The standard InChI is InChI=1S/C24H26ClN3O4/c1-2-31-20-7-8-22-21(14-20)17(13-24(30)32-22)15-27-9-11-28(12-10-27)16-23(29)26-19-5-3-18(25)4-6-19/h3-8,13-14H,2,9-12,15-16H2,1H3,(H,26,29). The minimum atomic E-state index is -0.353. The number of fused-ring (bicyclic) bond motifs is 1. The highest BCUT2D eigenvalue weighted by Crippen LogP contribution is 2.24. The lowest BCUT2D eigenvalue weighted by atomic mass is 10.1. The second-order valence-electron chi connectivity index (χ2n) is 7.79. The maximum Gasteiger partial charge on any atom is 0.336 e. The molecule has 1 fully saturated rings. The number of ether oxygens (including phenoxy) is 1. The predicted octanol–water partition coefficient (Wildman–Crippen LogP) is 3.60. The van der Waals surface area contributed by atoms with Crippen LogP contribution >= 0.6 is 11.6 Å². The van der Waals surface area contributed by atoms with Crippen LogP contribution in [0.2, 0.25) is 5.02 Å². The molecule has 3 aromatic rings. The lowest BCUT2D eigenvalue weighted by Gasteiger charge is -2.34. The fourth-order valence-corrected chi connectivity index (χ4v) is 4.00. The Balaban J connectivity index is 1.35. The molecule has 1 saturated heterocycles. The molecule has 0 aliphatic carbocycles. The average Bonchev–Trinajstić information content (AvgIpc) is 2.77. The number of nitrogens with one attached hydrogen (secondary N) is 1. The molecule has 0 atom stereocenters. The van der Waals surface area contributed by atoms with E-state index in [1.54, 1.807) is 36.4 Å². The Kier molecular flexibility index (Phi) is 7.09. The van der Waals surface area contributed by atoms with Crippen LogP contribution in [-0.2, 0) is 11.3 Å². The third kappa shape index (κ3) is 5.68. The number of hydrogen-bond donors (Lipinski definition) is 1. The maximum atomic E-state index is 12.4. The van der Waals surface area contributed by atoms with E-state index in [2.05, 4.69) is 15.1 Å². The van der Waals surface area contributed by atoms with E-state index in [1.165, 1.54) is 0 Å². The van der Waals surface area contributed by atoms with Crippen molar-refractivity contribution < 1.29 is 13.9 Å². The molecule has 4 rings (SSSR count). The number of carbonyl (C=O) groups excluding carboxylic acids is 1. The minimum absolute atomic E-state index is 0.0455. The number of hydrogen-bond acceptors (Lipinski definition) is 6. The first-order chi connectivity index (χ1) is 15.5. The molecule has 0 radical (unpaired) electrons. The van der Waals surface area contributed by atoms with E-state index in [4.69, 9.17) is 20.8 Å². The Morgan fingerprint density at radius 1 is 1.06 bits per heavy atom. The molecule has 0 unspecified atom stereocenters. The molecule has 2 aromatic carbocycles. The number of rotatable bonds is 7. The van der Waals surface area contributed by atoms with Crippen molar-refractivity contribution in [3.8, 4) is 5.75 Å². The van der Waals surface area contributed by atoms with Crippen molar-refractivity contribution >= 4 is 34.2 Å². The number of piperazine rings is 1. The van der Waals surface area contributed by atoms with Gasteiger partial charge < -0.3 is 14.5 Å². The van der Waals surface area contributed by atoms with Crippen molar-refractivity contribution in [2.45, 2.75) is 13.5 Å². The quantitative estimate of drug-likeness (QED) is 0.549. The number of benzene rings is 2.